The van der Waals surface area contributed by atoms with E-state index in [4.69, 9.17) is 0 Å². The predicted molar refractivity (Wildman–Crippen MR) is 99.0 cm³/mol. The zero-order valence-electron chi connectivity index (χ0n) is 15.9. The smallest absolute Gasteiger partial charge is 0.0491 e. The van der Waals surface area contributed by atoms with Crippen molar-refractivity contribution in [3.05, 3.63) is 35.0 Å². The fraction of sp³-hybridized carbons (Fsp3) is 0.619. The quantitative estimate of drug-likeness (QED) is 0.649. The van der Waals surface area contributed by atoms with Gasteiger partial charge in [0.25, 0.3) is 0 Å². The summed E-state index contributed by atoms with van der Waals surface area (Å²) < 4.78 is 0. The molecule has 1 N–H and O–H groups in total. The van der Waals surface area contributed by atoms with Gasteiger partial charge < -0.3 is 4.98 Å². The lowest BCUT2D eigenvalue weighted by molar-refractivity contribution is 0.533. The van der Waals surface area contributed by atoms with Crippen molar-refractivity contribution in [1.29, 1.82) is 0 Å². The monoisotopic (exact) mass is 299 g/mol. The fourth-order valence-electron chi connectivity index (χ4n) is 2.83. The fourth-order valence-corrected chi connectivity index (χ4v) is 2.83. The molecule has 0 saturated heterocycles. The number of rotatable bonds is 2. The average molecular weight is 300 g/mol. The molecule has 1 aromatic carbocycles. The molecule has 0 saturated carbocycles. The maximum atomic E-state index is 3.72. The van der Waals surface area contributed by atoms with E-state index in [-0.39, 0.29) is 10.8 Å². The van der Waals surface area contributed by atoms with Crippen molar-refractivity contribution < 1.29 is 0 Å². The second-order valence-electron chi connectivity index (χ2n) is 9.25. The molecule has 122 valence electrons. The lowest BCUT2D eigenvalue weighted by Crippen LogP contribution is -2.13. The van der Waals surface area contributed by atoms with E-state index in [2.05, 4.69) is 85.5 Å². The summed E-state index contributed by atoms with van der Waals surface area (Å²) >= 11 is 0. The van der Waals surface area contributed by atoms with Crippen molar-refractivity contribution in [2.75, 3.05) is 0 Å². The maximum absolute atomic E-state index is 3.72. The molecule has 0 spiro atoms. The first-order chi connectivity index (χ1) is 9.91. The van der Waals surface area contributed by atoms with Crippen LogP contribution in [-0.4, -0.2) is 4.98 Å². The minimum atomic E-state index is 0.152. The topological polar surface area (TPSA) is 15.8 Å². The molecule has 1 heterocycles. The highest BCUT2D eigenvalue weighted by atomic mass is 14.7. The zero-order valence-corrected chi connectivity index (χ0v) is 15.9. The van der Waals surface area contributed by atoms with Gasteiger partial charge in [0, 0.05) is 22.0 Å². The van der Waals surface area contributed by atoms with Crippen LogP contribution in [0.5, 0.6) is 0 Å². The number of benzene rings is 1. The van der Waals surface area contributed by atoms with Gasteiger partial charge in [-0.05, 0) is 40.5 Å². The molecule has 1 aromatic heterocycles. The van der Waals surface area contributed by atoms with Crippen molar-refractivity contribution in [3.63, 3.8) is 0 Å². The first-order valence-corrected chi connectivity index (χ1v) is 8.59. The number of aromatic amines is 1. The number of hydrogen-bond donors (Lipinski definition) is 1. The highest BCUT2D eigenvalue weighted by molar-refractivity contribution is 5.85. The lowest BCUT2D eigenvalue weighted by atomic mass is 9.81. The summed E-state index contributed by atoms with van der Waals surface area (Å²) in [5.74, 6) is 1.19. The van der Waals surface area contributed by atoms with E-state index in [1.54, 1.807) is 0 Å². The van der Waals surface area contributed by atoms with Crippen LogP contribution in [0.15, 0.2) is 18.2 Å². The van der Waals surface area contributed by atoms with Crippen molar-refractivity contribution in [2.24, 2.45) is 5.92 Å². The van der Waals surface area contributed by atoms with Gasteiger partial charge in [-0.1, -0.05) is 68.4 Å². The van der Waals surface area contributed by atoms with Gasteiger partial charge in [0.1, 0.15) is 0 Å². The van der Waals surface area contributed by atoms with Gasteiger partial charge in [-0.2, -0.15) is 0 Å². The van der Waals surface area contributed by atoms with Crippen molar-refractivity contribution in [1.82, 2.24) is 4.98 Å². The van der Waals surface area contributed by atoms with Crippen LogP contribution in [0.3, 0.4) is 0 Å². The SMILES string of the molecule is CC(C)C(C)c1cc(C(C)(C)C)cc2cc(C(C)(C)C)[nH]c12. The Hall–Kier alpha value is -1.24. The minimum Gasteiger partial charge on any atom is -0.358 e. The largest absolute Gasteiger partial charge is 0.358 e. The molecule has 0 aliphatic rings. The molecule has 0 radical (unpaired) electrons. The van der Waals surface area contributed by atoms with Gasteiger partial charge in [-0.25, -0.2) is 0 Å². The molecule has 0 bridgehead atoms. The third kappa shape index (κ3) is 3.24. The van der Waals surface area contributed by atoms with E-state index < -0.39 is 0 Å². The maximum Gasteiger partial charge on any atom is 0.0491 e. The Morgan fingerprint density at radius 1 is 0.818 bits per heavy atom. The Balaban J connectivity index is 2.75. The Morgan fingerprint density at radius 2 is 1.41 bits per heavy atom. The molecule has 1 atom stereocenters. The Morgan fingerprint density at radius 3 is 1.86 bits per heavy atom. The van der Waals surface area contributed by atoms with E-state index in [9.17, 15) is 0 Å². The molecule has 0 aliphatic carbocycles. The summed E-state index contributed by atoms with van der Waals surface area (Å²) in [5.41, 5.74) is 5.89. The van der Waals surface area contributed by atoms with E-state index in [0.717, 1.165) is 0 Å². The van der Waals surface area contributed by atoms with Crippen molar-refractivity contribution >= 4 is 10.9 Å². The van der Waals surface area contributed by atoms with Crippen molar-refractivity contribution in [3.8, 4) is 0 Å². The van der Waals surface area contributed by atoms with Crippen LogP contribution in [0.2, 0.25) is 0 Å². The van der Waals surface area contributed by atoms with Gasteiger partial charge in [0.2, 0.25) is 0 Å². The van der Waals surface area contributed by atoms with Crippen LogP contribution < -0.4 is 0 Å². The normalized spacial score (nSPS) is 14.8. The van der Waals surface area contributed by atoms with Crippen LogP contribution in [-0.2, 0) is 10.8 Å². The molecule has 22 heavy (non-hydrogen) atoms. The van der Waals surface area contributed by atoms with Gasteiger partial charge in [0.15, 0.2) is 0 Å². The molecule has 2 rings (SSSR count). The summed E-state index contributed by atoms with van der Waals surface area (Å²) in [6.45, 7) is 20.7. The molecule has 1 unspecified atom stereocenters. The van der Waals surface area contributed by atoms with Gasteiger partial charge >= 0.3 is 0 Å². The first kappa shape index (κ1) is 17.1. The van der Waals surface area contributed by atoms with E-state index >= 15 is 0 Å². The molecular weight excluding hydrogens is 266 g/mol. The molecular formula is C21H33N. The van der Waals surface area contributed by atoms with Crippen LogP contribution in [0.25, 0.3) is 10.9 Å². The second-order valence-corrected chi connectivity index (χ2v) is 9.25. The van der Waals surface area contributed by atoms with Gasteiger partial charge in [-0.3, -0.25) is 0 Å². The molecule has 2 aromatic rings. The summed E-state index contributed by atoms with van der Waals surface area (Å²) in [4.78, 5) is 3.72. The molecule has 0 amide bonds. The summed E-state index contributed by atoms with van der Waals surface area (Å²) in [7, 11) is 0. The second kappa shape index (κ2) is 5.44. The summed E-state index contributed by atoms with van der Waals surface area (Å²) in [6.07, 6.45) is 0. The predicted octanol–water partition coefficient (Wildman–Crippen LogP) is 6.52. The molecule has 1 heteroatoms. The molecule has 0 aliphatic heterocycles. The first-order valence-electron chi connectivity index (χ1n) is 8.59. The lowest BCUT2D eigenvalue weighted by Gasteiger charge is -2.24. The van der Waals surface area contributed by atoms with Gasteiger partial charge in [0.05, 0.1) is 0 Å². The van der Waals surface area contributed by atoms with Crippen LogP contribution in [0.4, 0.5) is 0 Å². The van der Waals surface area contributed by atoms with Crippen LogP contribution in [0.1, 0.15) is 85.1 Å². The third-order valence-electron chi connectivity index (χ3n) is 4.92. The Labute approximate surface area is 136 Å². The number of aromatic nitrogens is 1. The summed E-state index contributed by atoms with van der Waals surface area (Å²) in [6, 6.07) is 7.15. The standard InChI is InChI=1S/C21H33N/c1-13(2)14(3)17-12-16(20(4,5)6)10-15-11-18(21(7,8)9)22-19(15)17/h10-14,22H,1-9H3. The summed E-state index contributed by atoms with van der Waals surface area (Å²) in [5, 5.41) is 1.36. The third-order valence-corrected chi connectivity index (χ3v) is 4.92. The van der Waals surface area contributed by atoms with E-state index in [0.29, 0.717) is 11.8 Å². The highest BCUT2D eigenvalue weighted by Gasteiger charge is 2.23. The number of H-pyrrole nitrogens is 1. The number of nitrogens with one attached hydrogen (secondary N) is 1. The van der Waals surface area contributed by atoms with Crippen LogP contribution >= 0.6 is 0 Å². The minimum absolute atomic E-state index is 0.152. The highest BCUT2D eigenvalue weighted by Crippen LogP contribution is 2.37. The Bertz CT molecular complexity index is 659. The zero-order chi connectivity index (χ0) is 16.9. The van der Waals surface area contributed by atoms with E-state index in [1.807, 2.05) is 0 Å². The average Bonchev–Trinajstić information content (AvgIpc) is 2.79. The molecule has 0 fully saturated rings. The Kier molecular flexibility index (Phi) is 4.23. The van der Waals surface area contributed by atoms with E-state index in [1.165, 1.54) is 27.7 Å². The number of hydrogen-bond acceptors (Lipinski definition) is 0. The van der Waals surface area contributed by atoms with Gasteiger partial charge in [-0.15, -0.1) is 0 Å². The van der Waals surface area contributed by atoms with Crippen molar-refractivity contribution in [2.45, 2.75) is 79.1 Å². The number of fused-ring (bicyclic) bond motifs is 1. The van der Waals surface area contributed by atoms with Crippen LogP contribution in [0, 0.1) is 5.92 Å². The molecule has 1 nitrogen and oxygen atoms in total.